The fourth-order valence-electron chi connectivity index (χ4n) is 3.84. The van der Waals surface area contributed by atoms with E-state index in [1.165, 1.54) is 44.2 Å². The van der Waals surface area contributed by atoms with Crippen LogP contribution in [0.15, 0.2) is 29.3 Å². The number of benzene rings is 1. The summed E-state index contributed by atoms with van der Waals surface area (Å²) in [5.74, 6) is 0.331. The lowest BCUT2D eigenvalue weighted by atomic mass is 9.74. The maximum absolute atomic E-state index is 13.3. The molecule has 0 unspecified atom stereocenters. The van der Waals surface area contributed by atoms with E-state index in [0.29, 0.717) is 31.8 Å². The molecular formula is C19H29FIN3O. The predicted octanol–water partition coefficient (Wildman–Crippen LogP) is 3.73. The van der Waals surface area contributed by atoms with Gasteiger partial charge in [0.1, 0.15) is 5.82 Å². The molecule has 2 aliphatic rings. The summed E-state index contributed by atoms with van der Waals surface area (Å²) in [6, 6.07) is 7.26. The summed E-state index contributed by atoms with van der Waals surface area (Å²) < 4.78 is 18.8. The Kier molecular flexibility index (Phi) is 7.93. The first kappa shape index (κ1) is 20.4. The highest BCUT2D eigenvalue weighted by Gasteiger charge is 2.34. The lowest BCUT2D eigenvalue weighted by molar-refractivity contribution is 0.0531. The minimum atomic E-state index is -0.206. The van der Waals surface area contributed by atoms with Crippen molar-refractivity contribution in [3.8, 4) is 0 Å². The topological polar surface area (TPSA) is 59.6 Å². The molecule has 4 nitrogen and oxygen atoms in total. The van der Waals surface area contributed by atoms with Crippen LogP contribution in [0.2, 0.25) is 0 Å². The molecule has 1 saturated carbocycles. The maximum Gasteiger partial charge on any atom is 0.188 e. The molecule has 6 heteroatoms. The number of nitrogens with two attached hydrogens (primary N) is 1. The molecule has 0 spiro atoms. The molecular weight excluding hydrogens is 432 g/mol. The van der Waals surface area contributed by atoms with Crippen molar-refractivity contribution in [1.82, 2.24) is 5.32 Å². The molecule has 1 aliphatic heterocycles. The Balaban J connectivity index is 0.00000225. The first-order valence-corrected chi connectivity index (χ1v) is 9.08. The van der Waals surface area contributed by atoms with E-state index >= 15 is 0 Å². The number of rotatable bonds is 4. The molecule has 3 N–H and O–H groups in total. The van der Waals surface area contributed by atoms with Gasteiger partial charge in [-0.25, -0.2) is 4.39 Å². The van der Waals surface area contributed by atoms with Crippen molar-refractivity contribution in [2.24, 2.45) is 10.7 Å². The van der Waals surface area contributed by atoms with Gasteiger partial charge in [0.05, 0.1) is 6.54 Å². The van der Waals surface area contributed by atoms with Gasteiger partial charge in [0, 0.05) is 24.7 Å². The second kappa shape index (κ2) is 9.71. The summed E-state index contributed by atoms with van der Waals surface area (Å²) in [4.78, 5) is 4.65. The van der Waals surface area contributed by atoms with Crippen LogP contribution in [0.4, 0.5) is 4.39 Å². The third kappa shape index (κ3) is 5.54. The van der Waals surface area contributed by atoms with Gasteiger partial charge in [-0.15, -0.1) is 24.0 Å². The summed E-state index contributed by atoms with van der Waals surface area (Å²) in [6.07, 6.45) is 7.98. The number of ether oxygens (including phenoxy) is 1. The summed E-state index contributed by atoms with van der Waals surface area (Å²) >= 11 is 0. The predicted molar refractivity (Wildman–Crippen MR) is 110 cm³/mol. The highest BCUT2D eigenvalue weighted by atomic mass is 127. The molecule has 0 amide bonds. The summed E-state index contributed by atoms with van der Waals surface area (Å²) in [5.41, 5.74) is 7.15. The third-order valence-electron chi connectivity index (χ3n) is 5.42. The van der Waals surface area contributed by atoms with Gasteiger partial charge in [0.25, 0.3) is 0 Å². The average Bonchev–Trinajstić information content (AvgIpc) is 2.62. The fourth-order valence-corrected chi connectivity index (χ4v) is 3.84. The molecule has 0 bridgehead atoms. The molecule has 1 aromatic rings. The molecule has 0 atom stereocenters. The monoisotopic (exact) mass is 461 g/mol. The molecule has 2 fully saturated rings. The number of hydrogen-bond donors (Lipinski definition) is 2. The van der Waals surface area contributed by atoms with Crippen molar-refractivity contribution in [1.29, 1.82) is 0 Å². The summed E-state index contributed by atoms with van der Waals surface area (Å²) in [6.45, 7) is 2.04. The van der Waals surface area contributed by atoms with E-state index in [1.54, 1.807) is 0 Å². The molecule has 1 saturated heterocycles. The molecule has 3 rings (SSSR count). The number of guanidine groups is 1. The third-order valence-corrected chi connectivity index (χ3v) is 5.42. The van der Waals surface area contributed by atoms with Crippen LogP contribution < -0.4 is 11.1 Å². The van der Waals surface area contributed by atoms with Gasteiger partial charge in [-0.1, -0.05) is 31.4 Å². The zero-order valence-corrected chi connectivity index (χ0v) is 17.0. The first-order valence-electron chi connectivity index (χ1n) is 9.08. The SMILES string of the molecule is I.NC(=NCC1(c2ccc(F)cc2)CCOCC1)NC1CCCCC1. The molecule has 1 heterocycles. The van der Waals surface area contributed by atoms with Gasteiger partial charge in [-0.05, 0) is 43.4 Å². The molecule has 1 aromatic carbocycles. The van der Waals surface area contributed by atoms with Crippen molar-refractivity contribution in [2.75, 3.05) is 19.8 Å². The first-order chi connectivity index (χ1) is 11.7. The lowest BCUT2D eigenvalue weighted by Gasteiger charge is -2.36. The van der Waals surface area contributed by atoms with Crippen molar-refractivity contribution in [3.05, 3.63) is 35.6 Å². The van der Waals surface area contributed by atoms with Crippen LogP contribution in [0.1, 0.15) is 50.5 Å². The quantitative estimate of drug-likeness (QED) is 0.408. The smallest absolute Gasteiger partial charge is 0.188 e. The van der Waals surface area contributed by atoms with Crippen LogP contribution in [0, 0.1) is 5.82 Å². The van der Waals surface area contributed by atoms with E-state index < -0.39 is 0 Å². The second-order valence-electron chi connectivity index (χ2n) is 7.08. The van der Waals surface area contributed by atoms with Gasteiger partial charge in [0.15, 0.2) is 5.96 Å². The second-order valence-corrected chi connectivity index (χ2v) is 7.08. The van der Waals surface area contributed by atoms with Gasteiger partial charge >= 0.3 is 0 Å². The van der Waals surface area contributed by atoms with E-state index in [9.17, 15) is 4.39 Å². The van der Waals surface area contributed by atoms with Gasteiger partial charge in [-0.2, -0.15) is 0 Å². The number of halogens is 2. The minimum Gasteiger partial charge on any atom is -0.381 e. The van der Waals surface area contributed by atoms with Crippen molar-refractivity contribution < 1.29 is 9.13 Å². The number of hydrogen-bond acceptors (Lipinski definition) is 2. The van der Waals surface area contributed by atoms with E-state index in [1.807, 2.05) is 12.1 Å². The van der Waals surface area contributed by atoms with Crippen LogP contribution in [0.3, 0.4) is 0 Å². The van der Waals surface area contributed by atoms with Crippen LogP contribution in [0.5, 0.6) is 0 Å². The average molecular weight is 461 g/mol. The minimum absolute atomic E-state index is 0. The lowest BCUT2D eigenvalue weighted by Crippen LogP contribution is -2.43. The Hall–Kier alpha value is -0.890. The van der Waals surface area contributed by atoms with E-state index in [-0.39, 0.29) is 35.2 Å². The molecule has 140 valence electrons. The van der Waals surface area contributed by atoms with Crippen molar-refractivity contribution >= 4 is 29.9 Å². The van der Waals surface area contributed by atoms with Crippen LogP contribution in [-0.4, -0.2) is 31.8 Å². The Labute approximate surface area is 166 Å². The zero-order valence-electron chi connectivity index (χ0n) is 14.7. The largest absolute Gasteiger partial charge is 0.381 e. The van der Waals surface area contributed by atoms with Crippen LogP contribution in [0.25, 0.3) is 0 Å². The van der Waals surface area contributed by atoms with Gasteiger partial charge in [-0.3, -0.25) is 4.99 Å². The van der Waals surface area contributed by atoms with E-state index in [0.717, 1.165) is 18.4 Å². The summed E-state index contributed by atoms with van der Waals surface area (Å²) in [5, 5.41) is 3.37. The van der Waals surface area contributed by atoms with Crippen LogP contribution >= 0.6 is 24.0 Å². The molecule has 0 aromatic heterocycles. The molecule has 0 radical (unpaired) electrons. The standard InChI is InChI=1S/C19H28FN3O.HI/c20-16-8-6-15(7-9-16)19(10-12-24-13-11-19)14-22-18(21)23-17-4-2-1-3-5-17;/h6-9,17H,1-5,10-14H2,(H3,21,22,23);1H. The van der Waals surface area contributed by atoms with Crippen molar-refractivity contribution in [2.45, 2.75) is 56.4 Å². The van der Waals surface area contributed by atoms with E-state index in [2.05, 4.69) is 10.3 Å². The van der Waals surface area contributed by atoms with Crippen LogP contribution in [-0.2, 0) is 10.2 Å². The highest BCUT2D eigenvalue weighted by molar-refractivity contribution is 14.0. The summed E-state index contributed by atoms with van der Waals surface area (Å²) in [7, 11) is 0. The van der Waals surface area contributed by atoms with Crippen molar-refractivity contribution in [3.63, 3.8) is 0 Å². The Morgan fingerprint density at radius 2 is 1.80 bits per heavy atom. The van der Waals surface area contributed by atoms with E-state index in [4.69, 9.17) is 10.5 Å². The number of nitrogens with zero attached hydrogens (tertiary/aromatic N) is 1. The normalized spacial score (nSPS) is 21.4. The van der Waals surface area contributed by atoms with Gasteiger partial charge < -0.3 is 15.8 Å². The fraction of sp³-hybridized carbons (Fsp3) is 0.632. The molecule has 1 aliphatic carbocycles. The molecule has 25 heavy (non-hydrogen) atoms. The zero-order chi connectivity index (χ0) is 16.8. The number of aliphatic imine (C=N–C) groups is 1. The number of nitrogens with one attached hydrogen (secondary N) is 1. The van der Waals surface area contributed by atoms with Gasteiger partial charge in [0.2, 0.25) is 0 Å². The Bertz CT molecular complexity index is 552. The Morgan fingerprint density at radius 3 is 2.44 bits per heavy atom. The highest BCUT2D eigenvalue weighted by Crippen LogP contribution is 2.35. The Morgan fingerprint density at radius 1 is 1.16 bits per heavy atom. The maximum atomic E-state index is 13.3.